The standard InChI is InChI=1S/C21H20FN/c1-2-3-4-5-6-17-7-9-18(10-8-17)11-13-20-14-12-19(16-23)15-21(20)22/h7-10,12,14-15H,2-6H2,1H3. The number of halogens is 1. The Morgan fingerprint density at radius 1 is 0.913 bits per heavy atom. The normalized spacial score (nSPS) is 9.78. The molecule has 0 spiro atoms. The third kappa shape index (κ3) is 5.28. The van der Waals surface area contributed by atoms with Gasteiger partial charge in [0, 0.05) is 5.56 Å². The van der Waals surface area contributed by atoms with E-state index in [2.05, 4.69) is 30.9 Å². The first kappa shape index (κ1) is 16.8. The number of rotatable bonds is 5. The maximum absolute atomic E-state index is 13.8. The minimum atomic E-state index is -0.455. The lowest BCUT2D eigenvalue weighted by Crippen LogP contribution is -1.87. The zero-order valence-corrected chi connectivity index (χ0v) is 13.4. The van der Waals surface area contributed by atoms with E-state index in [1.165, 1.54) is 37.3 Å². The Morgan fingerprint density at radius 3 is 2.30 bits per heavy atom. The van der Waals surface area contributed by atoms with E-state index < -0.39 is 5.82 Å². The van der Waals surface area contributed by atoms with Crippen LogP contribution in [0.5, 0.6) is 0 Å². The summed E-state index contributed by atoms with van der Waals surface area (Å²) in [4.78, 5) is 0. The molecule has 2 heteroatoms. The quantitative estimate of drug-likeness (QED) is 0.549. The van der Waals surface area contributed by atoms with Gasteiger partial charge < -0.3 is 0 Å². The second-order valence-corrected chi connectivity index (χ2v) is 5.56. The van der Waals surface area contributed by atoms with Crippen molar-refractivity contribution in [2.75, 3.05) is 0 Å². The molecule has 2 aromatic carbocycles. The summed E-state index contributed by atoms with van der Waals surface area (Å²) in [6.45, 7) is 2.21. The second kappa shape index (κ2) is 8.76. The summed E-state index contributed by atoms with van der Waals surface area (Å²) in [5, 5.41) is 8.73. The Morgan fingerprint density at radius 2 is 1.65 bits per heavy atom. The average Bonchev–Trinajstić information content (AvgIpc) is 2.58. The summed E-state index contributed by atoms with van der Waals surface area (Å²) in [7, 11) is 0. The molecule has 0 radical (unpaired) electrons. The largest absolute Gasteiger partial charge is 0.206 e. The highest BCUT2D eigenvalue weighted by Gasteiger charge is 2.00. The zero-order valence-electron chi connectivity index (χ0n) is 13.4. The number of nitriles is 1. The van der Waals surface area contributed by atoms with Crippen LogP contribution in [0, 0.1) is 29.0 Å². The minimum Gasteiger partial charge on any atom is -0.206 e. The van der Waals surface area contributed by atoms with E-state index in [4.69, 9.17) is 5.26 Å². The summed E-state index contributed by atoms with van der Waals surface area (Å²) in [6, 6.07) is 14.4. The smallest absolute Gasteiger partial charge is 0.140 e. The van der Waals surface area contributed by atoms with Crippen LogP contribution < -0.4 is 0 Å². The highest BCUT2D eigenvalue weighted by atomic mass is 19.1. The van der Waals surface area contributed by atoms with Gasteiger partial charge >= 0.3 is 0 Å². The number of hydrogen-bond acceptors (Lipinski definition) is 1. The van der Waals surface area contributed by atoms with Crippen LogP contribution in [-0.2, 0) is 6.42 Å². The SMILES string of the molecule is CCCCCCc1ccc(C#Cc2ccc(C#N)cc2F)cc1. The molecule has 0 amide bonds. The molecule has 0 atom stereocenters. The van der Waals surface area contributed by atoms with Crippen LogP contribution in [0.4, 0.5) is 4.39 Å². The number of hydrogen-bond donors (Lipinski definition) is 0. The molecular formula is C21H20FN. The number of benzene rings is 2. The van der Waals surface area contributed by atoms with Crippen LogP contribution in [0.2, 0.25) is 0 Å². The van der Waals surface area contributed by atoms with Gasteiger partial charge in [0.1, 0.15) is 5.82 Å². The van der Waals surface area contributed by atoms with Crippen LogP contribution in [0.15, 0.2) is 42.5 Å². The monoisotopic (exact) mass is 305 g/mol. The van der Waals surface area contributed by atoms with E-state index in [0.717, 1.165) is 12.0 Å². The molecule has 0 aliphatic heterocycles. The lowest BCUT2D eigenvalue weighted by molar-refractivity contribution is 0.624. The molecule has 116 valence electrons. The maximum atomic E-state index is 13.8. The van der Waals surface area contributed by atoms with E-state index >= 15 is 0 Å². The van der Waals surface area contributed by atoms with E-state index in [0.29, 0.717) is 11.1 Å². The third-order valence-corrected chi connectivity index (χ3v) is 3.71. The predicted molar refractivity (Wildman–Crippen MR) is 91.4 cm³/mol. The molecule has 0 saturated heterocycles. The molecule has 0 unspecified atom stereocenters. The molecule has 0 bridgehead atoms. The van der Waals surface area contributed by atoms with Gasteiger partial charge in [-0.3, -0.25) is 0 Å². The van der Waals surface area contributed by atoms with Crippen molar-refractivity contribution in [3.63, 3.8) is 0 Å². The first-order chi connectivity index (χ1) is 11.2. The molecular weight excluding hydrogens is 285 g/mol. The first-order valence-corrected chi connectivity index (χ1v) is 8.03. The topological polar surface area (TPSA) is 23.8 Å². The lowest BCUT2D eigenvalue weighted by Gasteiger charge is -2.01. The van der Waals surface area contributed by atoms with E-state index in [9.17, 15) is 4.39 Å². The molecule has 1 nitrogen and oxygen atoms in total. The van der Waals surface area contributed by atoms with E-state index in [1.807, 2.05) is 18.2 Å². The highest BCUT2D eigenvalue weighted by molar-refractivity contribution is 5.46. The van der Waals surface area contributed by atoms with E-state index in [-0.39, 0.29) is 0 Å². The average molecular weight is 305 g/mol. The fraction of sp³-hybridized carbons (Fsp3) is 0.286. The molecule has 0 saturated carbocycles. The number of nitrogens with zero attached hydrogens (tertiary/aromatic N) is 1. The van der Waals surface area contributed by atoms with Gasteiger partial charge in [0.05, 0.1) is 17.2 Å². The molecule has 23 heavy (non-hydrogen) atoms. The van der Waals surface area contributed by atoms with Gasteiger partial charge in [-0.1, -0.05) is 50.2 Å². The van der Waals surface area contributed by atoms with Crippen molar-refractivity contribution in [3.05, 3.63) is 70.5 Å². The number of aryl methyl sites for hydroxylation is 1. The van der Waals surface area contributed by atoms with Crippen molar-refractivity contribution in [3.8, 4) is 17.9 Å². The molecule has 0 N–H and O–H groups in total. The highest BCUT2D eigenvalue weighted by Crippen LogP contribution is 2.11. The van der Waals surface area contributed by atoms with Gasteiger partial charge in [-0.15, -0.1) is 0 Å². The third-order valence-electron chi connectivity index (χ3n) is 3.71. The number of unbranched alkanes of at least 4 members (excludes halogenated alkanes) is 3. The van der Waals surface area contributed by atoms with Gasteiger partial charge in [-0.05, 0) is 48.7 Å². The van der Waals surface area contributed by atoms with Crippen LogP contribution in [0.3, 0.4) is 0 Å². The van der Waals surface area contributed by atoms with E-state index in [1.54, 1.807) is 12.1 Å². The van der Waals surface area contributed by atoms with Crippen molar-refractivity contribution in [2.45, 2.75) is 39.0 Å². The summed E-state index contributed by atoms with van der Waals surface area (Å²) in [6.07, 6.45) is 6.13. The summed E-state index contributed by atoms with van der Waals surface area (Å²) in [5.41, 5.74) is 2.80. The summed E-state index contributed by atoms with van der Waals surface area (Å²) in [5.74, 6) is 5.34. The predicted octanol–water partition coefficient (Wildman–Crippen LogP) is 5.22. The van der Waals surface area contributed by atoms with Gasteiger partial charge in [-0.25, -0.2) is 4.39 Å². The van der Waals surface area contributed by atoms with Crippen molar-refractivity contribution in [2.24, 2.45) is 0 Å². The van der Waals surface area contributed by atoms with Crippen molar-refractivity contribution >= 4 is 0 Å². The lowest BCUT2D eigenvalue weighted by atomic mass is 10.0. The Bertz CT molecular complexity index is 742. The van der Waals surface area contributed by atoms with Crippen molar-refractivity contribution in [1.82, 2.24) is 0 Å². The fourth-order valence-corrected chi connectivity index (χ4v) is 2.34. The van der Waals surface area contributed by atoms with Gasteiger partial charge in [0.2, 0.25) is 0 Å². The molecule has 0 heterocycles. The maximum Gasteiger partial charge on any atom is 0.140 e. The van der Waals surface area contributed by atoms with Crippen LogP contribution in [0.25, 0.3) is 0 Å². The van der Waals surface area contributed by atoms with Crippen LogP contribution in [-0.4, -0.2) is 0 Å². The van der Waals surface area contributed by atoms with Crippen LogP contribution in [0.1, 0.15) is 54.9 Å². The van der Waals surface area contributed by atoms with Gasteiger partial charge in [-0.2, -0.15) is 5.26 Å². The second-order valence-electron chi connectivity index (χ2n) is 5.56. The fourth-order valence-electron chi connectivity index (χ4n) is 2.34. The van der Waals surface area contributed by atoms with Crippen molar-refractivity contribution in [1.29, 1.82) is 5.26 Å². The Hall–Kier alpha value is -2.58. The molecule has 0 aromatic heterocycles. The molecule has 2 aromatic rings. The first-order valence-electron chi connectivity index (χ1n) is 8.03. The Labute approximate surface area is 137 Å². The van der Waals surface area contributed by atoms with Crippen LogP contribution >= 0.6 is 0 Å². The van der Waals surface area contributed by atoms with Crippen molar-refractivity contribution < 1.29 is 4.39 Å². The summed E-state index contributed by atoms with van der Waals surface area (Å²) < 4.78 is 13.8. The zero-order chi connectivity index (χ0) is 16.5. The molecule has 0 aliphatic rings. The Kier molecular flexibility index (Phi) is 6.40. The molecule has 0 aliphatic carbocycles. The minimum absolute atomic E-state index is 0.306. The molecule has 0 fully saturated rings. The van der Waals surface area contributed by atoms with Gasteiger partial charge in [0.25, 0.3) is 0 Å². The Balaban J connectivity index is 2.00. The molecule has 2 rings (SSSR count). The summed E-state index contributed by atoms with van der Waals surface area (Å²) >= 11 is 0. The van der Waals surface area contributed by atoms with Gasteiger partial charge in [0.15, 0.2) is 0 Å².